The van der Waals surface area contributed by atoms with Crippen LogP contribution in [0.5, 0.6) is 0 Å². The SMILES string of the molecule is CCCOCC(N)c1noc(CCOCC)n1. The molecule has 0 amide bonds. The summed E-state index contributed by atoms with van der Waals surface area (Å²) in [7, 11) is 0. The summed E-state index contributed by atoms with van der Waals surface area (Å²) in [5.74, 6) is 1.05. The zero-order valence-corrected chi connectivity index (χ0v) is 10.5. The van der Waals surface area contributed by atoms with Crippen LogP contribution in [0.3, 0.4) is 0 Å². The summed E-state index contributed by atoms with van der Waals surface area (Å²) in [6.45, 7) is 6.37. The third kappa shape index (κ3) is 5.25. The average molecular weight is 243 g/mol. The van der Waals surface area contributed by atoms with E-state index in [1.165, 1.54) is 0 Å². The lowest BCUT2D eigenvalue weighted by Gasteiger charge is -2.06. The minimum absolute atomic E-state index is 0.328. The monoisotopic (exact) mass is 243 g/mol. The molecule has 0 bridgehead atoms. The van der Waals surface area contributed by atoms with Gasteiger partial charge in [0.1, 0.15) is 0 Å². The number of rotatable bonds is 9. The zero-order valence-electron chi connectivity index (χ0n) is 10.5. The molecule has 6 heteroatoms. The van der Waals surface area contributed by atoms with Crippen LogP contribution in [-0.4, -0.2) is 36.6 Å². The highest BCUT2D eigenvalue weighted by molar-refractivity contribution is 4.93. The van der Waals surface area contributed by atoms with E-state index in [2.05, 4.69) is 10.1 Å². The predicted molar refractivity (Wildman–Crippen MR) is 62.5 cm³/mol. The second-order valence-corrected chi connectivity index (χ2v) is 3.67. The van der Waals surface area contributed by atoms with E-state index in [0.717, 1.165) is 6.42 Å². The number of nitrogens with zero attached hydrogens (tertiary/aromatic N) is 2. The number of ether oxygens (including phenoxy) is 2. The van der Waals surface area contributed by atoms with Gasteiger partial charge in [0, 0.05) is 13.2 Å². The highest BCUT2D eigenvalue weighted by Crippen LogP contribution is 2.07. The molecule has 1 rings (SSSR count). The van der Waals surface area contributed by atoms with Crippen molar-refractivity contribution in [2.75, 3.05) is 26.4 Å². The van der Waals surface area contributed by atoms with Crippen LogP contribution in [0.25, 0.3) is 0 Å². The molecule has 0 spiro atoms. The predicted octanol–water partition coefficient (Wildman–Crippen LogP) is 1.08. The molecule has 6 nitrogen and oxygen atoms in total. The van der Waals surface area contributed by atoms with E-state index in [0.29, 0.717) is 44.6 Å². The number of nitrogens with two attached hydrogens (primary N) is 1. The van der Waals surface area contributed by atoms with Crippen molar-refractivity contribution in [2.45, 2.75) is 32.7 Å². The molecule has 1 heterocycles. The van der Waals surface area contributed by atoms with E-state index < -0.39 is 0 Å². The van der Waals surface area contributed by atoms with Crippen molar-refractivity contribution in [3.8, 4) is 0 Å². The van der Waals surface area contributed by atoms with Gasteiger partial charge in [-0.1, -0.05) is 12.1 Å². The van der Waals surface area contributed by atoms with E-state index in [-0.39, 0.29) is 6.04 Å². The van der Waals surface area contributed by atoms with Crippen LogP contribution >= 0.6 is 0 Å². The van der Waals surface area contributed by atoms with Crippen molar-refractivity contribution >= 4 is 0 Å². The molecule has 1 atom stereocenters. The van der Waals surface area contributed by atoms with Gasteiger partial charge in [0.2, 0.25) is 5.89 Å². The maximum atomic E-state index is 5.86. The molecule has 0 radical (unpaired) electrons. The summed E-state index contributed by atoms with van der Waals surface area (Å²) >= 11 is 0. The molecule has 0 saturated heterocycles. The van der Waals surface area contributed by atoms with Crippen LogP contribution in [0.2, 0.25) is 0 Å². The highest BCUT2D eigenvalue weighted by Gasteiger charge is 2.14. The van der Waals surface area contributed by atoms with E-state index in [9.17, 15) is 0 Å². The number of hydrogen-bond donors (Lipinski definition) is 1. The van der Waals surface area contributed by atoms with Gasteiger partial charge >= 0.3 is 0 Å². The van der Waals surface area contributed by atoms with Crippen LogP contribution in [0.4, 0.5) is 0 Å². The van der Waals surface area contributed by atoms with Crippen LogP contribution in [-0.2, 0) is 15.9 Å². The molecule has 0 saturated carbocycles. The Bertz CT molecular complexity index is 304. The van der Waals surface area contributed by atoms with E-state index in [1.807, 2.05) is 13.8 Å². The minimum Gasteiger partial charge on any atom is -0.381 e. The summed E-state index contributed by atoms with van der Waals surface area (Å²) < 4.78 is 15.6. The Morgan fingerprint density at radius 1 is 1.29 bits per heavy atom. The summed E-state index contributed by atoms with van der Waals surface area (Å²) in [5.41, 5.74) is 5.86. The lowest BCUT2D eigenvalue weighted by Crippen LogP contribution is -2.19. The van der Waals surface area contributed by atoms with Gasteiger partial charge in [-0.05, 0) is 13.3 Å². The van der Waals surface area contributed by atoms with Crippen molar-refractivity contribution in [3.63, 3.8) is 0 Å². The largest absolute Gasteiger partial charge is 0.381 e. The molecule has 0 aliphatic rings. The lowest BCUT2D eigenvalue weighted by atomic mass is 10.3. The smallest absolute Gasteiger partial charge is 0.229 e. The Labute approximate surface area is 101 Å². The second-order valence-electron chi connectivity index (χ2n) is 3.67. The first-order chi connectivity index (χ1) is 8.27. The molecule has 17 heavy (non-hydrogen) atoms. The fraction of sp³-hybridized carbons (Fsp3) is 0.818. The lowest BCUT2D eigenvalue weighted by molar-refractivity contribution is 0.119. The Kier molecular flexibility index (Phi) is 6.76. The van der Waals surface area contributed by atoms with E-state index in [1.54, 1.807) is 0 Å². The first kappa shape index (κ1) is 14.1. The summed E-state index contributed by atoms with van der Waals surface area (Å²) in [5, 5.41) is 3.83. The molecule has 98 valence electrons. The Morgan fingerprint density at radius 2 is 2.12 bits per heavy atom. The molecule has 0 aromatic carbocycles. The summed E-state index contributed by atoms with van der Waals surface area (Å²) in [6.07, 6.45) is 1.59. The molecule has 0 fully saturated rings. The molecule has 2 N–H and O–H groups in total. The quantitative estimate of drug-likeness (QED) is 0.653. The molecular formula is C11H21N3O3. The molecule has 0 aliphatic heterocycles. The first-order valence-corrected chi connectivity index (χ1v) is 6.01. The summed E-state index contributed by atoms with van der Waals surface area (Å²) in [6, 6.07) is -0.328. The van der Waals surface area contributed by atoms with E-state index in [4.69, 9.17) is 19.7 Å². The normalized spacial score (nSPS) is 12.9. The van der Waals surface area contributed by atoms with Crippen LogP contribution in [0.15, 0.2) is 4.52 Å². The van der Waals surface area contributed by atoms with Crippen LogP contribution < -0.4 is 5.73 Å². The maximum Gasteiger partial charge on any atom is 0.229 e. The van der Waals surface area contributed by atoms with E-state index >= 15 is 0 Å². The van der Waals surface area contributed by atoms with Crippen molar-refractivity contribution in [1.82, 2.24) is 10.1 Å². The van der Waals surface area contributed by atoms with Gasteiger partial charge in [-0.2, -0.15) is 4.98 Å². The van der Waals surface area contributed by atoms with Gasteiger partial charge in [0.05, 0.1) is 25.7 Å². The molecule has 1 aromatic rings. The maximum absolute atomic E-state index is 5.86. The first-order valence-electron chi connectivity index (χ1n) is 6.01. The average Bonchev–Trinajstić information content (AvgIpc) is 2.78. The van der Waals surface area contributed by atoms with Gasteiger partial charge < -0.3 is 19.7 Å². The molecular weight excluding hydrogens is 222 g/mol. The van der Waals surface area contributed by atoms with Gasteiger partial charge in [0.25, 0.3) is 0 Å². The Morgan fingerprint density at radius 3 is 2.82 bits per heavy atom. The number of aromatic nitrogens is 2. The number of hydrogen-bond acceptors (Lipinski definition) is 6. The summed E-state index contributed by atoms with van der Waals surface area (Å²) in [4.78, 5) is 4.20. The van der Waals surface area contributed by atoms with Crippen molar-refractivity contribution in [1.29, 1.82) is 0 Å². The molecule has 1 unspecified atom stereocenters. The van der Waals surface area contributed by atoms with Crippen LogP contribution in [0.1, 0.15) is 38.0 Å². The fourth-order valence-electron chi connectivity index (χ4n) is 1.25. The second kappa shape index (κ2) is 8.16. The Balaban J connectivity index is 2.33. The minimum atomic E-state index is -0.328. The topological polar surface area (TPSA) is 83.4 Å². The van der Waals surface area contributed by atoms with Gasteiger partial charge in [-0.15, -0.1) is 0 Å². The van der Waals surface area contributed by atoms with Crippen molar-refractivity contribution in [2.24, 2.45) is 5.73 Å². The standard InChI is InChI=1S/C11H21N3O3/c1-3-6-16-8-9(12)11-13-10(17-14-11)5-7-15-4-2/h9H,3-8,12H2,1-2H3. The Hall–Kier alpha value is -0.980. The van der Waals surface area contributed by atoms with Gasteiger partial charge in [0.15, 0.2) is 5.82 Å². The third-order valence-electron chi connectivity index (χ3n) is 2.13. The van der Waals surface area contributed by atoms with Crippen molar-refractivity contribution in [3.05, 3.63) is 11.7 Å². The third-order valence-corrected chi connectivity index (χ3v) is 2.13. The van der Waals surface area contributed by atoms with Crippen molar-refractivity contribution < 1.29 is 14.0 Å². The fourth-order valence-corrected chi connectivity index (χ4v) is 1.25. The highest BCUT2D eigenvalue weighted by atomic mass is 16.5. The molecule has 0 aliphatic carbocycles. The van der Waals surface area contributed by atoms with Gasteiger partial charge in [-0.3, -0.25) is 0 Å². The molecule has 1 aromatic heterocycles. The van der Waals surface area contributed by atoms with Gasteiger partial charge in [-0.25, -0.2) is 0 Å². The zero-order chi connectivity index (χ0) is 12.5. The van der Waals surface area contributed by atoms with Crippen LogP contribution in [0, 0.1) is 0 Å².